The summed E-state index contributed by atoms with van der Waals surface area (Å²) in [6.45, 7) is 5.68. The van der Waals surface area contributed by atoms with Crippen molar-refractivity contribution in [2.75, 3.05) is 0 Å². The van der Waals surface area contributed by atoms with Crippen molar-refractivity contribution in [3.63, 3.8) is 0 Å². The molecule has 9 heavy (non-hydrogen) atoms. The fraction of sp³-hybridized carbons (Fsp3) is 0.167. The molecule has 1 aromatic rings. The third-order valence-corrected chi connectivity index (χ3v) is 1.43. The van der Waals surface area contributed by atoms with Crippen LogP contribution < -0.4 is 0 Å². The van der Waals surface area contributed by atoms with E-state index in [1.807, 2.05) is 13.1 Å². The van der Waals surface area contributed by atoms with Crippen LogP contribution in [0.5, 0.6) is 0 Å². The van der Waals surface area contributed by atoms with E-state index in [4.69, 9.17) is 12.2 Å². The van der Waals surface area contributed by atoms with E-state index in [9.17, 15) is 0 Å². The molecule has 1 aromatic heterocycles. The Labute approximate surface area is 58.6 Å². The van der Waals surface area contributed by atoms with Crippen LogP contribution in [0.1, 0.15) is 12.5 Å². The van der Waals surface area contributed by atoms with Crippen molar-refractivity contribution in [3.8, 4) is 0 Å². The van der Waals surface area contributed by atoms with Gasteiger partial charge >= 0.3 is 0 Å². The van der Waals surface area contributed by atoms with Gasteiger partial charge in [0.05, 0.1) is 0 Å². The number of aromatic amines is 2. The van der Waals surface area contributed by atoms with Crippen LogP contribution in [-0.4, -0.2) is 10.2 Å². The minimum absolute atomic E-state index is 0.725. The topological polar surface area (TPSA) is 31.6 Å². The maximum Gasteiger partial charge on any atom is 0.126 e. The van der Waals surface area contributed by atoms with Crippen LogP contribution in [0.15, 0.2) is 12.8 Å². The van der Waals surface area contributed by atoms with E-state index in [1.54, 1.807) is 0 Å². The Balaban J connectivity index is 3.24. The molecule has 0 saturated heterocycles. The maximum atomic E-state index is 4.91. The Bertz CT molecular complexity index is 269. The van der Waals surface area contributed by atoms with Gasteiger partial charge in [0.1, 0.15) is 4.64 Å². The van der Waals surface area contributed by atoms with Gasteiger partial charge in [0.2, 0.25) is 0 Å². The first-order valence-corrected chi connectivity index (χ1v) is 3.04. The third kappa shape index (κ3) is 1.10. The predicted molar refractivity (Wildman–Crippen MR) is 40.7 cm³/mol. The molecule has 0 radical (unpaired) electrons. The predicted octanol–water partition coefficient (Wildman–Crippen LogP) is 2.11. The molecule has 0 amide bonds. The normalized spacial score (nSPS) is 9.44. The van der Waals surface area contributed by atoms with E-state index in [-0.39, 0.29) is 0 Å². The molecule has 0 atom stereocenters. The molecule has 3 heteroatoms. The quantitative estimate of drug-likeness (QED) is 0.575. The van der Waals surface area contributed by atoms with Gasteiger partial charge in [-0.05, 0) is 12.5 Å². The Morgan fingerprint density at radius 3 is 2.67 bits per heavy atom. The molecule has 1 rings (SSSR count). The maximum absolute atomic E-state index is 4.91. The van der Waals surface area contributed by atoms with Crippen LogP contribution in [0, 0.1) is 4.64 Å². The van der Waals surface area contributed by atoms with E-state index in [0.29, 0.717) is 0 Å². The summed E-state index contributed by atoms with van der Waals surface area (Å²) < 4.78 is 0.725. The highest BCUT2D eigenvalue weighted by atomic mass is 32.1. The molecule has 2 N–H and O–H groups in total. The number of H-pyrrole nitrogens is 2. The summed E-state index contributed by atoms with van der Waals surface area (Å²) in [5, 5.41) is 5.57. The van der Waals surface area contributed by atoms with Crippen LogP contribution in [0.4, 0.5) is 0 Å². The van der Waals surface area contributed by atoms with Gasteiger partial charge in [-0.15, -0.1) is 0 Å². The van der Waals surface area contributed by atoms with Gasteiger partial charge in [0.15, 0.2) is 0 Å². The average molecular weight is 140 g/mol. The summed E-state index contributed by atoms with van der Waals surface area (Å²) in [6, 6.07) is 0. The zero-order valence-corrected chi connectivity index (χ0v) is 6.01. The zero-order valence-electron chi connectivity index (χ0n) is 5.19. The first kappa shape index (κ1) is 6.29. The Morgan fingerprint density at radius 2 is 2.44 bits per heavy atom. The molecule has 0 unspecified atom stereocenters. The molecular formula is C6H8N2S. The van der Waals surface area contributed by atoms with Crippen molar-refractivity contribution >= 4 is 17.8 Å². The highest BCUT2D eigenvalue weighted by Gasteiger charge is 1.93. The number of aromatic nitrogens is 2. The third-order valence-electron chi connectivity index (χ3n) is 1.11. The zero-order chi connectivity index (χ0) is 6.85. The Hall–Kier alpha value is -0.830. The van der Waals surface area contributed by atoms with Crippen molar-refractivity contribution in [1.29, 1.82) is 0 Å². The highest BCUT2D eigenvalue weighted by Crippen LogP contribution is 2.08. The second-order valence-corrected chi connectivity index (χ2v) is 2.35. The highest BCUT2D eigenvalue weighted by molar-refractivity contribution is 7.71. The minimum atomic E-state index is 0.725. The second-order valence-electron chi connectivity index (χ2n) is 1.94. The van der Waals surface area contributed by atoms with Gasteiger partial charge in [0.25, 0.3) is 0 Å². The van der Waals surface area contributed by atoms with Gasteiger partial charge < -0.3 is 5.10 Å². The average Bonchev–Trinajstić information content (AvgIpc) is 2.13. The van der Waals surface area contributed by atoms with Crippen molar-refractivity contribution in [3.05, 3.63) is 23.0 Å². The van der Waals surface area contributed by atoms with Crippen LogP contribution in [0.25, 0.3) is 5.57 Å². The molecule has 0 aliphatic carbocycles. The SMILES string of the molecule is C=C(C)c1c[nH][nH]c1=S. The van der Waals surface area contributed by atoms with Crippen LogP contribution in [0.3, 0.4) is 0 Å². The molecule has 0 fully saturated rings. The monoisotopic (exact) mass is 140 g/mol. The van der Waals surface area contributed by atoms with Crippen molar-refractivity contribution < 1.29 is 0 Å². The van der Waals surface area contributed by atoms with Crippen LogP contribution in [-0.2, 0) is 0 Å². The smallest absolute Gasteiger partial charge is 0.126 e. The lowest BCUT2D eigenvalue weighted by Gasteiger charge is -1.86. The molecule has 1 heterocycles. The molecule has 0 spiro atoms. The number of hydrogen-bond donors (Lipinski definition) is 2. The van der Waals surface area contributed by atoms with Crippen molar-refractivity contribution in [2.45, 2.75) is 6.92 Å². The molecule has 48 valence electrons. The number of hydrogen-bond acceptors (Lipinski definition) is 1. The molecule has 0 aliphatic heterocycles. The van der Waals surface area contributed by atoms with Gasteiger partial charge in [-0.2, -0.15) is 0 Å². The molecule has 0 aliphatic rings. The minimum Gasteiger partial charge on any atom is -0.307 e. The molecular weight excluding hydrogens is 132 g/mol. The fourth-order valence-corrected chi connectivity index (χ4v) is 0.916. The molecule has 0 bridgehead atoms. The lowest BCUT2D eigenvalue weighted by atomic mass is 10.2. The molecule has 2 nitrogen and oxygen atoms in total. The standard InChI is InChI=1S/C6H8N2S/c1-4(2)5-3-7-8-6(5)9/h3H,1H2,2H3,(H2,7,8,9). The summed E-state index contributed by atoms with van der Waals surface area (Å²) in [4.78, 5) is 0. The van der Waals surface area contributed by atoms with Gasteiger partial charge in [-0.1, -0.05) is 18.8 Å². The van der Waals surface area contributed by atoms with E-state index < -0.39 is 0 Å². The summed E-state index contributed by atoms with van der Waals surface area (Å²) in [5.74, 6) is 0. The van der Waals surface area contributed by atoms with E-state index in [1.165, 1.54) is 0 Å². The largest absolute Gasteiger partial charge is 0.307 e. The summed E-state index contributed by atoms with van der Waals surface area (Å²) in [5.41, 5.74) is 1.97. The first-order valence-electron chi connectivity index (χ1n) is 2.64. The summed E-state index contributed by atoms with van der Waals surface area (Å²) in [6.07, 6.45) is 1.81. The second kappa shape index (κ2) is 2.19. The van der Waals surface area contributed by atoms with E-state index >= 15 is 0 Å². The lowest BCUT2D eigenvalue weighted by Crippen LogP contribution is -1.70. The Morgan fingerprint density at radius 1 is 1.78 bits per heavy atom. The van der Waals surface area contributed by atoms with Gasteiger partial charge in [0, 0.05) is 11.8 Å². The Kier molecular flexibility index (Phi) is 1.53. The van der Waals surface area contributed by atoms with Crippen LogP contribution in [0.2, 0.25) is 0 Å². The van der Waals surface area contributed by atoms with Crippen LogP contribution >= 0.6 is 12.2 Å². The number of rotatable bonds is 1. The van der Waals surface area contributed by atoms with Gasteiger partial charge in [-0.25, -0.2) is 0 Å². The van der Waals surface area contributed by atoms with Crippen molar-refractivity contribution in [1.82, 2.24) is 10.2 Å². The fourth-order valence-electron chi connectivity index (χ4n) is 0.624. The van der Waals surface area contributed by atoms with E-state index in [2.05, 4.69) is 16.8 Å². The van der Waals surface area contributed by atoms with Gasteiger partial charge in [-0.3, -0.25) is 5.10 Å². The summed E-state index contributed by atoms with van der Waals surface area (Å²) in [7, 11) is 0. The van der Waals surface area contributed by atoms with Crippen molar-refractivity contribution in [2.24, 2.45) is 0 Å². The summed E-state index contributed by atoms with van der Waals surface area (Å²) >= 11 is 4.91. The lowest BCUT2D eigenvalue weighted by molar-refractivity contribution is 1.08. The number of allylic oxidation sites excluding steroid dienone is 1. The number of nitrogens with one attached hydrogen (secondary N) is 2. The first-order chi connectivity index (χ1) is 4.22. The molecule has 0 aromatic carbocycles. The molecule has 0 saturated carbocycles. The van der Waals surface area contributed by atoms with E-state index in [0.717, 1.165) is 15.8 Å².